The molecule has 0 atom stereocenters. The van der Waals surface area contributed by atoms with Crippen molar-refractivity contribution in [2.24, 2.45) is 5.73 Å². The molecule has 156 valence electrons. The summed E-state index contributed by atoms with van der Waals surface area (Å²) in [5, 5.41) is 19.6. The maximum atomic E-state index is 11.4. The Bertz CT molecular complexity index is 1290. The van der Waals surface area contributed by atoms with E-state index in [4.69, 9.17) is 17.3 Å². The van der Waals surface area contributed by atoms with Gasteiger partial charge in [-0.2, -0.15) is 4.98 Å². The first-order chi connectivity index (χ1) is 14.9. The molecular weight excluding hydrogens is 422 g/mol. The molecule has 0 unspecified atom stereocenters. The molecule has 0 fully saturated rings. The second kappa shape index (κ2) is 8.28. The Morgan fingerprint density at radius 3 is 2.61 bits per heavy atom. The molecule has 2 heterocycles. The number of nitrogens with zero attached hydrogens (tertiary/aromatic N) is 4. The fourth-order valence-corrected chi connectivity index (χ4v) is 3.10. The minimum absolute atomic E-state index is 0.0752. The van der Waals surface area contributed by atoms with E-state index in [0.717, 1.165) is 22.5 Å². The quantitative estimate of drug-likeness (QED) is 0.302. The highest BCUT2D eigenvalue weighted by Crippen LogP contribution is 2.25. The van der Waals surface area contributed by atoms with Gasteiger partial charge < -0.3 is 16.4 Å². The predicted molar refractivity (Wildman–Crippen MR) is 118 cm³/mol. The maximum absolute atomic E-state index is 11.4. The van der Waals surface area contributed by atoms with Crippen LogP contribution < -0.4 is 16.4 Å². The van der Waals surface area contributed by atoms with Gasteiger partial charge in [0, 0.05) is 35.0 Å². The molecule has 0 saturated carbocycles. The number of nitrogens with two attached hydrogens (primary N) is 1. The van der Waals surface area contributed by atoms with Crippen LogP contribution in [0.2, 0.25) is 5.02 Å². The number of nitro groups is 1. The molecule has 0 aliphatic heterocycles. The summed E-state index contributed by atoms with van der Waals surface area (Å²) in [4.78, 5) is 30.4. The van der Waals surface area contributed by atoms with E-state index in [-0.39, 0.29) is 24.0 Å². The third kappa shape index (κ3) is 4.54. The zero-order valence-corrected chi connectivity index (χ0v) is 16.7. The lowest BCUT2D eigenvalue weighted by molar-refractivity contribution is -0.384. The maximum Gasteiger partial charge on any atom is 0.329 e. The van der Waals surface area contributed by atoms with Gasteiger partial charge in [0.2, 0.25) is 11.8 Å². The first kappa shape index (κ1) is 20.1. The number of aromatic nitrogens is 3. The van der Waals surface area contributed by atoms with E-state index >= 15 is 0 Å². The monoisotopic (exact) mass is 437 g/mol. The van der Waals surface area contributed by atoms with Crippen LogP contribution in [0, 0.1) is 10.1 Å². The largest absolute Gasteiger partial charge is 0.360 e. The van der Waals surface area contributed by atoms with Crippen molar-refractivity contribution in [1.29, 1.82) is 0 Å². The summed E-state index contributed by atoms with van der Waals surface area (Å²) < 4.78 is 1.30. The van der Waals surface area contributed by atoms with Crippen LogP contribution in [-0.4, -0.2) is 25.5 Å². The van der Waals surface area contributed by atoms with Gasteiger partial charge in [-0.15, -0.1) is 0 Å². The van der Waals surface area contributed by atoms with Gasteiger partial charge in [-0.05, 0) is 41.3 Å². The lowest BCUT2D eigenvalue weighted by Gasteiger charge is -2.09. The van der Waals surface area contributed by atoms with Gasteiger partial charge in [0.05, 0.1) is 4.92 Å². The van der Waals surface area contributed by atoms with Crippen molar-refractivity contribution in [1.82, 2.24) is 14.5 Å². The van der Waals surface area contributed by atoms with Crippen molar-refractivity contribution < 1.29 is 9.72 Å². The molecule has 2 aromatic heterocycles. The molecule has 0 bridgehead atoms. The molecule has 2 aromatic carbocycles. The Kier molecular flexibility index (Phi) is 5.37. The van der Waals surface area contributed by atoms with E-state index in [0.29, 0.717) is 10.7 Å². The van der Waals surface area contributed by atoms with Crippen LogP contribution in [0.15, 0.2) is 61.1 Å². The van der Waals surface area contributed by atoms with Crippen molar-refractivity contribution >= 4 is 51.5 Å². The zero-order chi connectivity index (χ0) is 22.0. The first-order valence-electron chi connectivity index (χ1n) is 9.07. The summed E-state index contributed by atoms with van der Waals surface area (Å²) in [5.74, 6) is 0.274. The van der Waals surface area contributed by atoms with Crippen LogP contribution >= 0.6 is 11.6 Å². The van der Waals surface area contributed by atoms with E-state index in [1.165, 1.54) is 4.57 Å². The second-order valence-corrected chi connectivity index (χ2v) is 7.07. The Balaban J connectivity index is 1.56. The van der Waals surface area contributed by atoms with Crippen LogP contribution in [0.1, 0.15) is 5.56 Å². The number of fused-ring (bicyclic) bond motifs is 1. The van der Waals surface area contributed by atoms with Crippen LogP contribution in [-0.2, 0) is 6.54 Å². The Morgan fingerprint density at radius 1 is 1.16 bits per heavy atom. The number of amides is 1. The van der Waals surface area contributed by atoms with Crippen molar-refractivity contribution in [3.05, 3.63) is 81.8 Å². The van der Waals surface area contributed by atoms with Gasteiger partial charge in [0.15, 0.2) is 0 Å². The zero-order valence-electron chi connectivity index (χ0n) is 15.9. The molecule has 0 saturated heterocycles. The third-order valence-corrected chi connectivity index (χ3v) is 4.74. The fourth-order valence-electron chi connectivity index (χ4n) is 2.98. The summed E-state index contributed by atoms with van der Waals surface area (Å²) in [6, 6.07) is 11.9. The predicted octanol–water partition coefficient (Wildman–Crippen LogP) is 4.28. The number of carbonyl (C=O) groups is 1. The van der Waals surface area contributed by atoms with Crippen LogP contribution in [0.5, 0.6) is 0 Å². The molecule has 31 heavy (non-hydrogen) atoms. The Labute approximate surface area is 180 Å². The van der Waals surface area contributed by atoms with Gasteiger partial charge >= 0.3 is 11.7 Å². The smallest absolute Gasteiger partial charge is 0.329 e. The summed E-state index contributed by atoms with van der Waals surface area (Å²) in [5.41, 5.74) is 6.58. The minimum Gasteiger partial charge on any atom is -0.360 e. The number of anilines is 3. The molecule has 11 heteroatoms. The topological polar surface area (TPSA) is 141 Å². The van der Waals surface area contributed by atoms with Crippen LogP contribution in [0.25, 0.3) is 10.8 Å². The van der Waals surface area contributed by atoms with Crippen molar-refractivity contribution in [3.8, 4) is 0 Å². The SMILES string of the molecule is NC(=O)n1cc2ccc(CNc3nc(Nc4ccc(Cl)cc4)ncc3[N+](=O)[O-])cc2c1. The number of nitrogens with one attached hydrogen (secondary N) is 2. The number of primary amides is 1. The molecule has 1 amide bonds. The van der Waals surface area contributed by atoms with Gasteiger partial charge in [-0.3, -0.25) is 14.7 Å². The highest BCUT2D eigenvalue weighted by Gasteiger charge is 2.17. The van der Waals surface area contributed by atoms with Crippen LogP contribution in [0.4, 0.5) is 27.9 Å². The third-order valence-electron chi connectivity index (χ3n) is 4.49. The van der Waals surface area contributed by atoms with Crippen molar-refractivity contribution in [2.75, 3.05) is 10.6 Å². The molecule has 4 N–H and O–H groups in total. The summed E-state index contributed by atoms with van der Waals surface area (Å²) in [7, 11) is 0. The molecule has 4 aromatic rings. The molecule has 10 nitrogen and oxygen atoms in total. The Hall–Kier alpha value is -4.18. The summed E-state index contributed by atoms with van der Waals surface area (Å²) >= 11 is 5.88. The summed E-state index contributed by atoms with van der Waals surface area (Å²) in [6.07, 6.45) is 4.41. The molecule has 4 rings (SSSR count). The highest BCUT2D eigenvalue weighted by molar-refractivity contribution is 6.30. The standard InChI is InChI=1S/C20H16ClN7O3/c21-15-3-5-16(6-4-15)25-20-24-9-17(28(30)31)18(26-20)23-8-12-1-2-13-10-27(19(22)29)11-14(13)7-12/h1-7,9-11H,8H2,(H2,22,29)(H2,23,24,25,26). The number of hydrogen-bond acceptors (Lipinski definition) is 7. The number of rotatable bonds is 6. The number of carbonyl (C=O) groups excluding carboxylic acids is 1. The van der Waals surface area contributed by atoms with Crippen molar-refractivity contribution in [2.45, 2.75) is 6.54 Å². The van der Waals surface area contributed by atoms with Gasteiger partial charge in [0.25, 0.3) is 0 Å². The summed E-state index contributed by atoms with van der Waals surface area (Å²) in [6.45, 7) is 0.274. The minimum atomic E-state index is -0.576. The normalized spacial score (nSPS) is 10.7. The number of hydrogen-bond donors (Lipinski definition) is 3. The van der Waals surface area contributed by atoms with Gasteiger partial charge in [-0.25, -0.2) is 9.78 Å². The van der Waals surface area contributed by atoms with E-state index in [9.17, 15) is 14.9 Å². The van der Waals surface area contributed by atoms with Gasteiger partial charge in [-0.1, -0.05) is 23.7 Å². The van der Waals surface area contributed by atoms with Crippen LogP contribution in [0.3, 0.4) is 0 Å². The molecule has 0 aliphatic carbocycles. The average Bonchev–Trinajstić information content (AvgIpc) is 3.18. The van der Waals surface area contributed by atoms with Crippen molar-refractivity contribution in [3.63, 3.8) is 0 Å². The first-order valence-corrected chi connectivity index (χ1v) is 9.45. The molecule has 0 aliphatic rings. The average molecular weight is 438 g/mol. The highest BCUT2D eigenvalue weighted by atomic mass is 35.5. The number of halogens is 1. The molecular formula is C20H16ClN7O3. The van der Waals surface area contributed by atoms with E-state index in [1.54, 1.807) is 36.7 Å². The van der Waals surface area contributed by atoms with Gasteiger partial charge in [0.1, 0.15) is 6.20 Å². The van der Waals surface area contributed by atoms with E-state index < -0.39 is 11.0 Å². The number of benzene rings is 2. The Morgan fingerprint density at radius 2 is 1.90 bits per heavy atom. The molecule has 0 spiro atoms. The molecule has 0 radical (unpaired) electrons. The van der Waals surface area contributed by atoms with E-state index in [2.05, 4.69) is 20.6 Å². The second-order valence-electron chi connectivity index (χ2n) is 6.64. The lowest BCUT2D eigenvalue weighted by atomic mass is 10.1. The van der Waals surface area contributed by atoms with E-state index in [1.807, 2.05) is 18.2 Å². The lowest BCUT2D eigenvalue weighted by Crippen LogP contribution is -2.17. The fraction of sp³-hybridized carbons (Fsp3) is 0.0500.